The lowest BCUT2D eigenvalue weighted by Gasteiger charge is -2.34. The van der Waals surface area contributed by atoms with Crippen LogP contribution in [-0.4, -0.2) is 34.9 Å². The Hall–Kier alpha value is -2.73. The van der Waals surface area contributed by atoms with E-state index in [1.807, 2.05) is 69.3 Å². The minimum absolute atomic E-state index is 0.130. The smallest absolute Gasteiger partial charge is 0.261 e. The number of amides is 2. The third-order valence-electron chi connectivity index (χ3n) is 5.31. The van der Waals surface area contributed by atoms with E-state index in [1.165, 1.54) is 4.90 Å². The van der Waals surface area contributed by atoms with Crippen molar-refractivity contribution in [1.29, 1.82) is 0 Å². The van der Waals surface area contributed by atoms with Gasteiger partial charge in [-0.2, -0.15) is 0 Å². The van der Waals surface area contributed by atoms with Gasteiger partial charge in [0, 0.05) is 28.5 Å². The summed E-state index contributed by atoms with van der Waals surface area (Å²) < 4.78 is 5.74. The van der Waals surface area contributed by atoms with Crippen LogP contribution in [-0.2, 0) is 22.6 Å². The average molecular weight is 548 g/mol. The Morgan fingerprint density at radius 2 is 1.58 bits per heavy atom. The number of hydrogen-bond donors (Lipinski definition) is 1. The summed E-state index contributed by atoms with van der Waals surface area (Å²) in [5, 5.41) is 4.28. The molecule has 5 nitrogen and oxygen atoms in total. The van der Waals surface area contributed by atoms with Crippen molar-refractivity contribution in [1.82, 2.24) is 10.2 Å². The fourth-order valence-electron chi connectivity index (χ4n) is 3.63. The standard InChI is InChI=1S/C28H29Cl3N2O3/c1-28(2,3)32-27(35)24(15-19-9-5-4-6-10-19)33(17-20-11-7-8-12-22(20)30)26(34)18-36-25-14-13-21(29)16-23(25)31/h4-14,16,24H,15,17-18H2,1-3H3,(H,32,35)/t24-/m1/s1. The van der Waals surface area contributed by atoms with Crippen molar-refractivity contribution in [2.45, 2.75) is 45.3 Å². The van der Waals surface area contributed by atoms with E-state index in [4.69, 9.17) is 39.5 Å². The molecule has 0 bridgehead atoms. The predicted octanol–water partition coefficient (Wildman–Crippen LogP) is 6.58. The van der Waals surface area contributed by atoms with E-state index in [0.29, 0.717) is 27.2 Å². The minimum atomic E-state index is -0.806. The predicted molar refractivity (Wildman–Crippen MR) is 146 cm³/mol. The van der Waals surface area contributed by atoms with E-state index in [9.17, 15) is 9.59 Å². The summed E-state index contributed by atoms with van der Waals surface area (Å²) in [7, 11) is 0. The first kappa shape index (κ1) is 27.9. The van der Waals surface area contributed by atoms with Gasteiger partial charge in [0.05, 0.1) is 5.02 Å². The molecule has 1 N–H and O–H groups in total. The molecule has 1 atom stereocenters. The second-order valence-corrected chi connectivity index (χ2v) is 10.7. The number of carbonyl (C=O) groups is 2. The summed E-state index contributed by atoms with van der Waals surface area (Å²) in [6.45, 7) is 5.51. The lowest BCUT2D eigenvalue weighted by Crippen LogP contribution is -2.55. The molecule has 0 saturated heterocycles. The zero-order valence-electron chi connectivity index (χ0n) is 20.4. The molecular weight excluding hydrogens is 519 g/mol. The molecule has 36 heavy (non-hydrogen) atoms. The van der Waals surface area contributed by atoms with Gasteiger partial charge in [-0.25, -0.2) is 0 Å². The number of rotatable bonds is 9. The Morgan fingerprint density at radius 3 is 2.22 bits per heavy atom. The molecule has 2 amide bonds. The van der Waals surface area contributed by atoms with Crippen LogP contribution in [0.25, 0.3) is 0 Å². The molecule has 3 rings (SSSR count). The van der Waals surface area contributed by atoms with Crippen molar-refractivity contribution in [3.05, 3.63) is 99.0 Å². The third kappa shape index (κ3) is 8.16. The zero-order valence-corrected chi connectivity index (χ0v) is 22.7. The lowest BCUT2D eigenvalue weighted by atomic mass is 10.0. The molecule has 8 heteroatoms. The monoisotopic (exact) mass is 546 g/mol. The van der Waals surface area contributed by atoms with E-state index < -0.39 is 11.6 Å². The van der Waals surface area contributed by atoms with Gasteiger partial charge in [-0.3, -0.25) is 9.59 Å². The molecule has 0 aromatic heterocycles. The van der Waals surface area contributed by atoms with Crippen molar-refractivity contribution >= 4 is 46.6 Å². The number of benzene rings is 3. The maximum atomic E-state index is 13.6. The number of ether oxygens (including phenoxy) is 1. The fourth-order valence-corrected chi connectivity index (χ4v) is 4.29. The third-order valence-corrected chi connectivity index (χ3v) is 6.21. The van der Waals surface area contributed by atoms with Crippen LogP contribution < -0.4 is 10.1 Å². The van der Waals surface area contributed by atoms with Crippen LogP contribution >= 0.6 is 34.8 Å². The van der Waals surface area contributed by atoms with Crippen molar-refractivity contribution in [2.75, 3.05) is 6.61 Å². The highest BCUT2D eigenvalue weighted by atomic mass is 35.5. The van der Waals surface area contributed by atoms with E-state index in [-0.39, 0.29) is 25.0 Å². The zero-order chi connectivity index (χ0) is 26.3. The molecular formula is C28H29Cl3N2O3. The molecule has 190 valence electrons. The van der Waals surface area contributed by atoms with Gasteiger partial charge in [0.1, 0.15) is 11.8 Å². The number of carbonyl (C=O) groups excluding carboxylic acids is 2. The van der Waals surface area contributed by atoms with Crippen LogP contribution in [0.1, 0.15) is 31.9 Å². The van der Waals surface area contributed by atoms with E-state index in [2.05, 4.69) is 5.32 Å². The molecule has 0 aliphatic carbocycles. The van der Waals surface area contributed by atoms with Gasteiger partial charge in [-0.1, -0.05) is 83.3 Å². The molecule has 0 unspecified atom stereocenters. The van der Waals surface area contributed by atoms with Gasteiger partial charge in [-0.05, 0) is 56.2 Å². The topological polar surface area (TPSA) is 58.6 Å². The molecule has 0 aliphatic heterocycles. The first-order chi connectivity index (χ1) is 17.0. The van der Waals surface area contributed by atoms with Crippen LogP contribution in [0, 0.1) is 0 Å². The minimum Gasteiger partial charge on any atom is -0.482 e. The highest BCUT2D eigenvalue weighted by Crippen LogP contribution is 2.28. The molecule has 0 aliphatic rings. The Morgan fingerprint density at radius 1 is 0.917 bits per heavy atom. The van der Waals surface area contributed by atoms with Gasteiger partial charge in [0.25, 0.3) is 5.91 Å². The maximum absolute atomic E-state index is 13.6. The number of nitrogens with zero attached hydrogens (tertiary/aromatic N) is 1. The highest BCUT2D eigenvalue weighted by molar-refractivity contribution is 6.35. The number of halogens is 3. The summed E-state index contributed by atoms with van der Waals surface area (Å²) in [4.78, 5) is 28.7. The van der Waals surface area contributed by atoms with Crippen molar-refractivity contribution in [3.8, 4) is 5.75 Å². The quantitative estimate of drug-likeness (QED) is 0.329. The van der Waals surface area contributed by atoms with Crippen LogP contribution in [0.2, 0.25) is 15.1 Å². The fraction of sp³-hybridized carbons (Fsp3) is 0.286. The average Bonchev–Trinajstić information content (AvgIpc) is 2.81. The molecule has 3 aromatic carbocycles. The normalized spacial score (nSPS) is 12.1. The highest BCUT2D eigenvalue weighted by Gasteiger charge is 2.32. The second-order valence-electron chi connectivity index (χ2n) is 9.42. The van der Waals surface area contributed by atoms with Gasteiger partial charge in [-0.15, -0.1) is 0 Å². The van der Waals surface area contributed by atoms with E-state index in [0.717, 1.165) is 11.1 Å². The van der Waals surface area contributed by atoms with Crippen molar-refractivity contribution in [2.24, 2.45) is 0 Å². The molecule has 3 aromatic rings. The largest absolute Gasteiger partial charge is 0.482 e. The van der Waals surface area contributed by atoms with Gasteiger partial charge in [0.15, 0.2) is 6.61 Å². The van der Waals surface area contributed by atoms with Crippen LogP contribution in [0.4, 0.5) is 0 Å². The molecule has 0 radical (unpaired) electrons. The number of hydrogen-bond acceptors (Lipinski definition) is 3. The Balaban J connectivity index is 1.95. The molecule has 0 fully saturated rings. The SMILES string of the molecule is CC(C)(C)NC(=O)[C@@H](Cc1ccccc1)N(Cc1ccccc1Cl)C(=O)COc1ccc(Cl)cc1Cl. The summed E-state index contributed by atoms with van der Waals surface area (Å²) in [6.07, 6.45) is 0.320. The molecule has 0 saturated carbocycles. The van der Waals surface area contributed by atoms with Crippen LogP contribution in [0.15, 0.2) is 72.8 Å². The van der Waals surface area contributed by atoms with E-state index >= 15 is 0 Å². The van der Waals surface area contributed by atoms with Gasteiger partial charge >= 0.3 is 0 Å². The Bertz CT molecular complexity index is 1200. The summed E-state index contributed by atoms with van der Waals surface area (Å²) in [5.74, 6) is -0.326. The van der Waals surface area contributed by atoms with Gasteiger partial charge < -0.3 is 15.0 Å². The number of nitrogens with one attached hydrogen (secondary N) is 1. The summed E-state index contributed by atoms with van der Waals surface area (Å²) in [6, 6.07) is 20.8. The Labute approximate surface area is 227 Å². The Kier molecular flexibility index (Phi) is 9.66. The van der Waals surface area contributed by atoms with Crippen LogP contribution in [0.3, 0.4) is 0 Å². The van der Waals surface area contributed by atoms with Crippen molar-refractivity contribution < 1.29 is 14.3 Å². The second kappa shape index (κ2) is 12.5. The maximum Gasteiger partial charge on any atom is 0.261 e. The lowest BCUT2D eigenvalue weighted by molar-refractivity contribution is -0.143. The summed E-state index contributed by atoms with van der Waals surface area (Å²) >= 11 is 18.6. The summed E-state index contributed by atoms with van der Waals surface area (Å²) in [5.41, 5.74) is 1.15. The van der Waals surface area contributed by atoms with Crippen LogP contribution in [0.5, 0.6) is 5.75 Å². The van der Waals surface area contributed by atoms with Gasteiger partial charge in [0.2, 0.25) is 5.91 Å². The molecule has 0 spiro atoms. The molecule has 0 heterocycles. The van der Waals surface area contributed by atoms with Crippen molar-refractivity contribution in [3.63, 3.8) is 0 Å². The van der Waals surface area contributed by atoms with E-state index in [1.54, 1.807) is 24.3 Å². The first-order valence-electron chi connectivity index (χ1n) is 11.5. The first-order valence-corrected chi connectivity index (χ1v) is 12.6.